The SMILES string of the molecule is O=C(O/N=C1\c2ccccc2/C(=N/OC(=O)c2ccccc2)C1c1ccccc1)c1ccccc1. The molecule has 0 amide bonds. The molecule has 0 aromatic heterocycles. The molecule has 0 bridgehead atoms. The first-order chi connectivity index (χ1) is 17.2. The number of benzene rings is 4. The highest BCUT2D eigenvalue weighted by Crippen LogP contribution is 2.35. The molecule has 0 aliphatic heterocycles. The van der Waals surface area contributed by atoms with Crippen LogP contribution in [0.3, 0.4) is 0 Å². The van der Waals surface area contributed by atoms with E-state index < -0.39 is 17.9 Å². The van der Waals surface area contributed by atoms with Gasteiger partial charge in [-0.15, -0.1) is 0 Å². The summed E-state index contributed by atoms with van der Waals surface area (Å²) >= 11 is 0. The van der Waals surface area contributed by atoms with Crippen LogP contribution in [0.2, 0.25) is 0 Å². The second-order valence-corrected chi connectivity index (χ2v) is 7.83. The number of fused-ring (bicyclic) bond motifs is 1. The Morgan fingerprint density at radius 2 is 0.886 bits per heavy atom. The summed E-state index contributed by atoms with van der Waals surface area (Å²) in [6.07, 6.45) is 0. The molecule has 0 spiro atoms. The van der Waals surface area contributed by atoms with Crippen molar-refractivity contribution in [3.63, 3.8) is 0 Å². The van der Waals surface area contributed by atoms with E-state index in [0.717, 1.165) is 16.7 Å². The number of oxime groups is 2. The molecule has 1 atom stereocenters. The number of carbonyl (C=O) groups excluding carboxylic acids is 2. The van der Waals surface area contributed by atoms with Crippen LogP contribution in [-0.4, -0.2) is 23.4 Å². The molecule has 0 heterocycles. The second-order valence-electron chi connectivity index (χ2n) is 7.83. The molecule has 1 aliphatic carbocycles. The van der Waals surface area contributed by atoms with Crippen LogP contribution in [0.25, 0.3) is 0 Å². The van der Waals surface area contributed by atoms with Gasteiger partial charge in [0, 0.05) is 11.1 Å². The topological polar surface area (TPSA) is 77.3 Å². The molecule has 170 valence electrons. The summed E-state index contributed by atoms with van der Waals surface area (Å²) in [5, 5.41) is 8.56. The summed E-state index contributed by atoms with van der Waals surface area (Å²) < 4.78 is 0. The molecule has 6 heteroatoms. The quantitative estimate of drug-likeness (QED) is 0.287. The molecule has 0 fully saturated rings. The predicted molar refractivity (Wildman–Crippen MR) is 132 cm³/mol. The third-order valence-corrected chi connectivity index (χ3v) is 5.63. The molecule has 0 radical (unpaired) electrons. The van der Waals surface area contributed by atoms with Gasteiger partial charge in [-0.2, -0.15) is 0 Å². The van der Waals surface area contributed by atoms with Crippen LogP contribution in [0.5, 0.6) is 0 Å². The fraction of sp³-hybridized carbons (Fsp3) is 0.0345. The predicted octanol–water partition coefficient (Wildman–Crippen LogP) is 5.61. The van der Waals surface area contributed by atoms with Crippen LogP contribution in [0.4, 0.5) is 0 Å². The van der Waals surface area contributed by atoms with E-state index in [0.29, 0.717) is 22.6 Å². The zero-order valence-corrected chi connectivity index (χ0v) is 18.6. The average Bonchev–Trinajstić information content (AvgIpc) is 3.25. The van der Waals surface area contributed by atoms with Gasteiger partial charge in [-0.3, -0.25) is 0 Å². The minimum atomic E-state index is -0.566. The normalized spacial score (nSPS) is 16.6. The van der Waals surface area contributed by atoms with Gasteiger partial charge >= 0.3 is 11.9 Å². The van der Waals surface area contributed by atoms with Gasteiger partial charge in [-0.25, -0.2) is 9.59 Å². The molecule has 0 saturated heterocycles. The van der Waals surface area contributed by atoms with E-state index in [1.165, 1.54) is 0 Å². The van der Waals surface area contributed by atoms with Crippen LogP contribution in [0, 0.1) is 0 Å². The van der Waals surface area contributed by atoms with E-state index in [-0.39, 0.29) is 0 Å². The molecule has 6 nitrogen and oxygen atoms in total. The molecule has 0 saturated carbocycles. The fourth-order valence-electron chi connectivity index (χ4n) is 3.97. The Kier molecular flexibility index (Phi) is 6.26. The van der Waals surface area contributed by atoms with Crippen molar-refractivity contribution in [2.45, 2.75) is 5.92 Å². The number of rotatable bonds is 5. The Balaban J connectivity index is 1.55. The zero-order chi connectivity index (χ0) is 24.0. The van der Waals surface area contributed by atoms with Crippen LogP contribution >= 0.6 is 0 Å². The highest BCUT2D eigenvalue weighted by Gasteiger charge is 2.37. The van der Waals surface area contributed by atoms with Gasteiger partial charge in [0.05, 0.1) is 17.0 Å². The third kappa shape index (κ3) is 4.63. The maximum atomic E-state index is 12.6. The van der Waals surface area contributed by atoms with Gasteiger partial charge in [-0.05, 0) is 29.8 Å². The smallest absolute Gasteiger partial charge is 0.312 e. The van der Waals surface area contributed by atoms with Crippen molar-refractivity contribution in [3.8, 4) is 0 Å². The number of carbonyl (C=O) groups is 2. The van der Waals surface area contributed by atoms with Crippen molar-refractivity contribution in [2.24, 2.45) is 10.3 Å². The first-order valence-electron chi connectivity index (χ1n) is 11.1. The molecular weight excluding hydrogens is 440 g/mol. The van der Waals surface area contributed by atoms with E-state index >= 15 is 0 Å². The average molecular weight is 460 g/mol. The largest absolute Gasteiger partial charge is 0.365 e. The van der Waals surface area contributed by atoms with Crippen LogP contribution in [-0.2, 0) is 9.68 Å². The summed E-state index contributed by atoms with van der Waals surface area (Å²) in [4.78, 5) is 35.9. The van der Waals surface area contributed by atoms with E-state index in [2.05, 4.69) is 10.3 Å². The van der Waals surface area contributed by atoms with Crippen molar-refractivity contribution in [2.75, 3.05) is 0 Å². The van der Waals surface area contributed by atoms with Crippen molar-refractivity contribution in [3.05, 3.63) is 143 Å². The maximum Gasteiger partial charge on any atom is 0.365 e. The van der Waals surface area contributed by atoms with Gasteiger partial charge in [0.1, 0.15) is 11.4 Å². The first-order valence-corrected chi connectivity index (χ1v) is 11.1. The Morgan fingerprint density at radius 1 is 0.514 bits per heavy atom. The standard InChI is InChI=1S/C29H20N2O4/c32-28(21-14-6-2-7-15-21)34-30-26-23-18-10-11-19-24(23)27(25(26)20-12-4-1-5-13-20)31-35-29(33)22-16-8-3-9-17-22/h1-19,25H/b30-26-,31-27+. The van der Waals surface area contributed by atoms with Gasteiger partial charge < -0.3 is 9.68 Å². The van der Waals surface area contributed by atoms with Crippen molar-refractivity contribution < 1.29 is 19.3 Å². The fourth-order valence-corrected chi connectivity index (χ4v) is 3.97. The summed E-state index contributed by atoms with van der Waals surface area (Å²) in [5.74, 6) is -1.63. The van der Waals surface area contributed by atoms with E-state index in [4.69, 9.17) is 9.68 Å². The Bertz CT molecular complexity index is 1320. The molecule has 5 rings (SSSR count). The van der Waals surface area contributed by atoms with Crippen molar-refractivity contribution in [1.29, 1.82) is 0 Å². The Hall–Kier alpha value is -4.84. The summed E-state index contributed by atoms with van der Waals surface area (Å²) in [6, 6.07) is 34.4. The van der Waals surface area contributed by atoms with E-state index in [1.807, 2.05) is 66.7 Å². The highest BCUT2D eigenvalue weighted by molar-refractivity contribution is 6.33. The molecule has 1 aliphatic rings. The van der Waals surface area contributed by atoms with Gasteiger partial charge in [-0.1, -0.05) is 101 Å². The molecular formula is C29H20N2O4. The molecule has 35 heavy (non-hydrogen) atoms. The number of hydrogen-bond acceptors (Lipinski definition) is 6. The monoisotopic (exact) mass is 460 g/mol. The summed E-state index contributed by atoms with van der Waals surface area (Å²) in [6.45, 7) is 0. The summed E-state index contributed by atoms with van der Waals surface area (Å²) in [7, 11) is 0. The Morgan fingerprint density at radius 3 is 1.31 bits per heavy atom. The lowest BCUT2D eigenvalue weighted by atomic mass is 9.93. The van der Waals surface area contributed by atoms with Crippen molar-refractivity contribution >= 4 is 23.4 Å². The number of nitrogens with zero attached hydrogens (tertiary/aromatic N) is 2. The second kappa shape index (κ2) is 9.97. The maximum absolute atomic E-state index is 12.6. The molecule has 1 unspecified atom stereocenters. The lowest BCUT2D eigenvalue weighted by molar-refractivity contribution is 0.0510. The number of hydrogen-bond donors (Lipinski definition) is 0. The van der Waals surface area contributed by atoms with Gasteiger partial charge in [0.25, 0.3) is 0 Å². The minimum absolute atomic E-state index is 0.394. The van der Waals surface area contributed by atoms with Crippen LogP contribution in [0.15, 0.2) is 126 Å². The van der Waals surface area contributed by atoms with Crippen LogP contribution in [0.1, 0.15) is 43.3 Å². The highest BCUT2D eigenvalue weighted by atomic mass is 16.7. The molecule has 4 aromatic carbocycles. The van der Waals surface area contributed by atoms with E-state index in [9.17, 15) is 9.59 Å². The first kappa shape index (κ1) is 22.0. The third-order valence-electron chi connectivity index (χ3n) is 5.63. The van der Waals surface area contributed by atoms with Crippen molar-refractivity contribution in [1.82, 2.24) is 0 Å². The van der Waals surface area contributed by atoms with Gasteiger partial charge in [0.2, 0.25) is 0 Å². The van der Waals surface area contributed by atoms with E-state index in [1.54, 1.807) is 48.5 Å². The summed E-state index contributed by atoms with van der Waals surface area (Å²) in [5.41, 5.74) is 4.16. The molecule has 4 aromatic rings. The van der Waals surface area contributed by atoms with Crippen LogP contribution < -0.4 is 0 Å². The Labute approximate surface area is 202 Å². The lowest BCUT2D eigenvalue weighted by Crippen LogP contribution is -2.17. The van der Waals surface area contributed by atoms with Gasteiger partial charge in [0.15, 0.2) is 0 Å². The molecule has 0 N–H and O–H groups in total. The minimum Gasteiger partial charge on any atom is -0.312 e. The lowest BCUT2D eigenvalue weighted by Gasteiger charge is -2.13. The zero-order valence-electron chi connectivity index (χ0n) is 18.6.